The third-order valence-electron chi connectivity index (χ3n) is 2.21. The zero-order valence-corrected chi connectivity index (χ0v) is 10.3. The minimum absolute atomic E-state index is 0.430. The highest BCUT2D eigenvalue weighted by molar-refractivity contribution is 7.98. The first-order chi connectivity index (χ1) is 8.28. The van der Waals surface area contributed by atoms with E-state index in [0.29, 0.717) is 17.3 Å². The van der Waals surface area contributed by atoms with Crippen molar-refractivity contribution >= 4 is 18.0 Å². The summed E-state index contributed by atoms with van der Waals surface area (Å²) in [4.78, 5) is 20.0. The number of carbonyl (C=O) groups is 1. The highest BCUT2D eigenvalue weighted by Crippen LogP contribution is 2.21. The van der Waals surface area contributed by atoms with Crippen LogP contribution < -0.4 is 0 Å². The molecule has 0 bridgehead atoms. The normalized spacial score (nSPS) is 10.2. The summed E-state index contributed by atoms with van der Waals surface area (Å²) >= 11 is 1.67. The Kier molecular flexibility index (Phi) is 3.88. The molecule has 1 heterocycles. The molecule has 0 fully saturated rings. The van der Waals surface area contributed by atoms with Crippen LogP contribution in [-0.4, -0.2) is 16.3 Å². The molecular weight excluding hydrogens is 232 g/mol. The summed E-state index contributed by atoms with van der Waals surface area (Å²) in [5.74, 6) is 1.35. The Hall–Kier alpha value is -1.68. The molecule has 86 valence electrons. The van der Waals surface area contributed by atoms with Gasteiger partial charge in [0.15, 0.2) is 6.29 Å². The van der Waals surface area contributed by atoms with Crippen LogP contribution in [0.4, 0.5) is 0 Å². The number of hydrogen-bond acceptors (Lipinski definition) is 4. The van der Waals surface area contributed by atoms with Crippen molar-refractivity contribution < 1.29 is 4.79 Å². The highest BCUT2D eigenvalue weighted by Gasteiger charge is 2.00. The molecule has 0 aliphatic heterocycles. The largest absolute Gasteiger partial charge is 0.296 e. The monoisotopic (exact) mass is 244 g/mol. The fraction of sp³-hybridized carbons (Fsp3) is 0.154. The number of aryl methyl sites for hydroxylation is 1. The molecule has 0 saturated carbocycles. The van der Waals surface area contributed by atoms with Crippen molar-refractivity contribution in [1.29, 1.82) is 0 Å². The molecule has 3 nitrogen and oxygen atoms in total. The van der Waals surface area contributed by atoms with Crippen LogP contribution in [0.1, 0.15) is 21.9 Å². The van der Waals surface area contributed by atoms with Crippen LogP contribution in [0.25, 0.3) is 0 Å². The Balaban J connectivity index is 2.04. The molecule has 1 aromatic carbocycles. The second kappa shape index (κ2) is 5.59. The van der Waals surface area contributed by atoms with Gasteiger partial charge in [-0.25, -0.2) is 9.97 Å². The molecule has 0 amide bonds. The number of aromatic nitrogens is 2. The number of thioether (sulfide) groups is 1. The van der Waals surface area contributed by atoms with Gasteiger partial charge in [0.25, 0.3) is 0 Å². The molecule has 2 rings (SSSR count). The van der Waals surface area contributed by atoms with E-state index >= 15 is 0 Å². The molecule has 17 heavy (non-hydrogen) atoms. The Bertz CT molecular complexity index is 528. The van der Waals surface area contributed by atoms with Gasteiger partial charge in [-0.2, -0.15) is 0 Å². The summed E-state index contributed by atoms with van der Waals surface area (Å²) in [6.45, 7) is 2.06. The van der Waals surface area contributed by atoms with Crippen LogP contribution >= 0.6 is 11.8 Å². The smallest absolute Gasteiger partial charge is 0.168 e. The minimum Gasteiger partial charge on any atom is -0.296 e. The van der Waals surface area contributed by atoms with E-state index in [1.54, 1.807) is 24.0 Å². The van der Waals surface area contributed by atoms with Gasteiger partial charge >= 0.3 is 0 Å². The Morgan fingerprint density at radius 3 is 3.00 bits per heavy atom. The predicted molar refractivity (Wildman–Crippen MR) is 68.2 cm³/mol. The molecule has 0 saturated heterocycles. The van der Waals surface area contributed by atoms with Crippen LogP contribution in [0.2, 0.25) is 0 Å². The molecule has 0 unspecified atom stereocenters. The summed E-state index contributed by atoms with van der Waals surface area (Å²) in [5.41, 5.74) is 1.66. The number of aldehydes is 1. The standard InChI is InChI=1S/C13H12N2OS/c1-10-3-2-4-12(7-10)17-9-13-14-6-5-11(8-16)15-13/h2-8H,9H2,1H3. The van der Waals surface area contributed by atoms with Gasteiger partial charge in [-0.3, -0.25) is 4.79 Å². The average molecular weight is 244 g/mol. The molecule has 0 radical (unpaired) electrons. The maximum absolute atomic E-state index is 10.6. The molecular formula is C13H12N2OS. The zero-order valence-electron chi connectivity index (χ0n) is 9.46. The van der Waals surface area contributed by atoms with Crippen molar-refractivity contribution in [2.24, 2.45) is 0 Å². The van der Waals surface area contributed by atoms with Crippen LogP contribution in [-0.2, 0) is 5.75 Å². The molecule has 0 atom stereocenters. The van der Waals surface area contributed by atoms with Crippen LogP contribution in [0.5, 0.6) is 0 Å². The van der Waals surface area contributed by atoms with E-state index in [0.717, 1.165) is 6.29 Å². The molecule has 2 aromatic rings. The van der Waals surface area contributed by atoms with Gasteiger partial charge in [-0.1, -0.05) is 17.7 Å². The number of benzene rings is 1. The Labute approximate surface area is 104 Å². The van der Waals surface area contributed by atoms with Gasteiger partial charge in [0, 0.05) is 11.1 Å². The van der Waals surface area contributed by atoms with Crippen LogP contribution in [0.3, 0.4) is 0 Å². The number of carbonyl (C=O) groups excluding carboxylic acids is 1. The first kappa shape index (κ1) is 11.8. The zero-order chi connectivity index (χ0) is 12.1. The summed E-state index contributed by atoms with van der Waals surface area (Å²) in [6.07, 6.45) is 2.35. The summed E-state index contributed by atoms with van der Waals surface area (Å²) in [6, 6.07) is 9.87. The van der Waals surface area contributed by atoms with E-state index in [4.69, 9.17) is 0 Å². The minimum atomic E-state index is 0.430. The topological polar surface area (TPSA) is 42.9 Å². The van der Waals surface area contributed by atoms with Gasteiger partial charge in [0.05, 0.1) is 5.75 Å². The van der Waals surface area contributed by atoms with Crippen molar-refractivity contribution in [3.05, 3.63) is 53.6 Å². The average Bonchev–Trinajstić information content (AvgIpc) is 2.37. The highest BCUT2D eigenvalue weighted by atomic mass is 32.2. The van der Waals surface area contributed by atoms with Crippen molar-refractivity contribution in [3.63, 3.8) is 0 Å². The first-order valence-electron chi connectivity index (χ1n) is 5.24. The summed E-state index contributed by atoms with van der Waals surface area (Å²) in [5, 5.41) is 0. The van der Waals surface area contributed by atoms with Crippen molar-refractivity contribution in [1.82, 2.24) is 9.97 Å². The molecule has 4 heteroatoms. The number of nitrogens with zero attached hydrogens (tertiary/aromatic N) is 2. The third kappa shape index (κ3) is 3.39. The van der Waals surface area contributed by atoms with E-state index in [1.165, 1.54) is 10.5 Å². The Morgan fingerprint density at radius 2 is 2.24 bits per heavy atom. The quantitative estimate of drug-likeness (QED) is 0.612. The number of rotatable bonds is 4. The summed E-state index contributed by atoms with van der Waals surface area (Å²) in [7, 11) is 0. The van der Waals surface area contributed by atoms with Crippen LogP contribution in [0, 0.1) is 6.92 Å². The Morgan fingerprint density at radius 1 is 1.35 bits per heavy atom. The molecule has 0 N–H and O–H groups in total. The van der Waals surface area contributed by atoms with Gasteiger partial charge in [0.1, 0.15) is 11.5 Å². The lowest BCUT2D eigenvalue weighted by Crippen LogP contribution is -1.95. The lowest BCUT2D eigenvalue weighted by atomic mass is 10.2. The van der Waals surface area contributed by atoms with Crippen molar-refractivity contribution in [2.75, 3.05) is 0 Å². The second-order valence-electron chi connectivity index (χ2n) is 3.62. The second-order valence-corrected chi connectivity index (χ2v) is 4.67. The molecule has 0 spiro atoms. The fourth-order valence-corrected chi connectivity index (χ4v) is 2.28. The van der Waals surface area contributed by atoms with Gasteiger partial charge in [-0.05, 0) is 25.1 Å². The fourth-order valence-electron chi connectivity index (χ4n) is 1.40. The maximum atomic E-state index is 10.6. The molecule has 1 aromatic heterocycles. The van der Waals surface area contributed by atoms with E-state index in [9.17, 15) is 4.79 Å². The first-order valence-corrected chi connectivity index (χ1v) is 6.23. The lowest BCUT2D eigenvalue weighted by Gasteiger charge is -2.02. The van der Waals surface area contributed by atoms with Crippen molar-refractivity contribution in [2.45, 2.75) is 17.6 Å². The molecule has 0 aliphatic carbocycles. The van der Waals surface area contributed by atoms with E-state index in [2.05, 4.69) is 35.1 Å². The van der Waals surface area contributed by atoms with Crippen LogP contribution in [0.15, 0.2) is 41.4 Å². The maximum Gasteiger partial charge on any atom is 0.168 e. The van der Waals surface area contributed by atoms with Gasteiger partial charge < -0.3 is 0 Å². The van der Waals surface area contributed by atoms with E-state index < -0.39 is 0 Å². The summed E-state index contributed by atoms with van der Waals surface area (Å²) < 4.78 is 0. The van der Waals surface area contributed by atoms with E-state index in [-0.39, 0.29) is 0 Å². The predicted octanol–water partition coefficient (Wildman–Crippen LogP) is 2.89. The van der Waals surface area contributed by atoms with E-state index in [1.807, 2.05) is 6.07 Å². The SMILES string of the molecule is Cc1cccc(SCc2nccc(C=O)n2)c1. The van der Waals surface area contributed by atoms with Crippen molar-refractivity contribution in [3.8, 4) is 0 Å². The number of hydrogen-bond donors (Lipinski definition) is 0. The molecule has 0 aliphatic rings. The lowest BCUT2D eigenvalue weighted by molar-refractivity contribution is 0.111. The third-order valence-corrected chi connectivity index (χ3v) is 3.20. The van der Waals surface area contributed by atoms with Gasteiger partial charge in [-0.15, -0.1) is 11.8 Å². The van der Waals surface area contributed by atoms with Gasteiger partial charge in [0.2, 0.25) is 0 Å².